The predicted molar refractivity (Wildman–Crippen MR) is 106 cm³/mol. The highest BCUT2D eigenvalue weighted by Gasteiger charge is 2.14. The Balaban J connectivity index is 1.52. The van der Waals surface area contributed by atoms with Crippen LogP contribution in [0.2, 0.25) is 0 Å². The molecule has 0 spiro atoms. The molecule has 3 heterocycles. The Labute approximate surface area is 157 Å². The van der Waals surface area contributed by atoms with Crippen molar-refractivity contribution < 1.29 is 9.53 Å². The predicted octanol–water partition coefficient (Wildman–Crippen LogP) is 2.11. The number of amides is 1. The van der Waals surface area contributed by atoms with Crippen LogP contribution in [0.5, 0.6) is 0 Å². The molecule has 2 N–H and O–H groups in total. The summed E-state index contributed by atoms with van der Waals surface area (Å²) in [5.41, 5.74) is 3.89. The fourth-order valence-corrected chi connectivity index (χ4v) is 3.04. The Bertz CT molecular complexity index is 962. The number of morpholine rings is 1. The van der Waals surface area contributed by atoms with Crippen molar-refractivity contribution in [3.05, 3.63) is 42.2 Å². The second kappa shape index (κ2) is 7.24. The third-order valence-electron chi connectivity index (χ3n) is 4.51. The molecule has 1 amide bonds. The molecule has 0 unspecified atom stereocenters. The van der Waals surface area contributed by atoms with Gasteiger partial charge in [-0.2, -0.15) is 0 Å². The summed E-state index contributed by atoms with van der Waals surface area (Å²) >= 11 is 0. The molecule has 140 valence electrons. The van der Waals surface area contributed by atoms with Crippen molar-refractivity contribution in [2.75, 3.05) is 55.5 Å². The van der Waals surface area contributed by atoms with Crippen LogP contribution >= 0.6 is 0 Å². The van der Waals surface area contributed by atoms with E-state index in [1.165, 1.54) is 0 Å². The van der Waals surface area contributed by atoms with Gasteiger partial charge in [0, 0.05) is 39.1 Å². The van der Waals surface area contributed by atoms with Gasteiger partial charge in [-0.15, -0.1) is 0 Å². The molecule has 3 aromatic rings. The zero-order chi connectivity index (χ0) is 18.8. The molecule has 8 heteroatoms. The molecule has 4 rings (SSSR count). The number of nitrogens with zero attached hydrogens (tertiary/aromatic N) is 4. The Morgan fingerprint density at radius 2 is 2.04 bits per heavy atom. The van der Waals surface area contributed by atoms with E-state index < -0.39 is 0 Å². The van der Waals surface area contributed by atoms with Crippen molar-refractivity contribution in [3.63, 3.8) is 0 Å². The van der Waals surface area contributed by atoms with Crippen LogP contribution in [0.3, 0.4) is 0 Å². The lowest BCUT2D eigenvalue weighted by Gasteiger charge is -2.28. The molecule has 1 fully saturated rings. The zero-order valence-corrected chi connectivity index (χ0v) is 15.4. The number of rotatable bonds is 4. The maximum absolute atomic E-state index is 12.7. The number of hydrogen-bond acceptors (Lipinski definition) is 6. The van der Waals surface area contributed by atoms with Crippen molar-refractivity contribution in [2.45, 2.75) is 0 Å². The van der Waals surface area contributed by atoms with Crippen molar-refractivity contribution in [1.29, 1.82) is 0 Å². The number of aromatic nitrogens is 3. The number of nitrogens with one attached hydrogen (secondary N) is 2. The van der Waals surface area contributed by atoms with Crippen molar-refractivity contribution in [3.8, 4) is 0 Å². The van der Waals surface area contributed by atoms with E-state index in [0.29, 0.717) is 24.5 Å². The first-order valence-electron chi connectivity index (χ1n) is 8.86. The summed E-state index contributed by atoms with van der Waals surface area (Å²) < 4.78 is 5.38. The van der Waals surface area contributed by atoms with Crippen LogP contribution in [-0.4, -0.2) is 61.3 Å². The number of imidazole rings is 1. The van der Waals surface area contributed by atoms with E-state index in [1.807, 2.05) is 43.3 Å². The second-order valence-corrected chi connectivity index (χ2v) is 6.67. The second-order valence-electron chi connectivity index (χ2n) is 6.67. The van der Waals surface area contributed by atoms with Crippen LogP contribution < -0.4 is 15.1 Å². The number of carbonyl (C=O) groups excluding carboxylic acids is 1. The molecule has 1 aromatic carbocycles. The summed E-state index contributed by atoms with van der Waals surface area (Å²) in [6.45, 7) is 2.99. The molecule has 0 saturated carbocycles. The van der Waals surface area contributed by atoms with Gasteiger partial charge in [0.25, 0.3) is 5.91 Å². The SMILES string of the molecule is CN(C)c1nc2ccc(NC(=O)c3cncc(N4CCOCC4)c3)cc2[nH]1. The zero-order valence-electron chi connectivity index (χ0n) is 15.4. The molecule has 0 atom stereocenters. The number of ether oxygens (including phenoxy) is 1. The number of hydrogen-bond donors (Lipinski definition) is 2. The van der Waals surface area contributed by atoms with Crippen molar-refractivity contribution in [1.82, 2.24) is 15.0 Å². The van der Waals surface area contributed by atoms with Crippen LogP contribution in [0.15, 0.2) is 36.7 Å². The highest BCUT2D eigenvalue weighted by atomic mass is 16.5. The summed E-state index contributed by atoms with van der Waals surface area (Å²) in [4.78, 5) is 28.7. The Morgan fingerprint density at radius 1 is 1.22 bits per heavy atom. The third kappa shape index (κ3) is 3.70. The number of benzene rings is 1. The number of H-pyrrole nitrogens is 1. The maximum atomic E-state index is 12.7. The average molecular weight is 366 g/mol. The number of anilines is 3. The smallest absolute Gasteiger partial charge is 0.257 e. The lowest BCUT2D eigenvalue weighted by atomic mass is 10.2. The summed E-state index contributed by atoms with van der Waals surface area (Å²) in [6.07, 6.45) is 3.36. The summed E-state index contributed by atoms with van der Waals surface area (Å²) in [6, 6.07) is 7.48. The Hall–Kier alpha value is -3.13. The standard InChI is InChI=1S/C19H22N6O2/c1-24(2)19-22-16-4-3-14(10-17(16)23-19)21-18(26)13-9-15(12-20-11-13)25-5-7-27-8-6-25/h3-4,9-12H,5-8H2,1-2H3,(H,21,26)(H,22,23). The topological polar surface area (TPSA) is 86.4 Å². The molecule has 2 aromatic heterocycles. The van der Waals surface area contributed by atoms with Gasteiger partial charge in [-0.05, 0) is 24.3 Å². The van der Waals surface area contributed by atoms with Gasteiger partial charge in [-0.1, -0.05) is 0 Å². The molecule has 0 radical (unpaired) electrons. The van der Waals surface area contributed by atoms with Crippen LogP contribution in [0.4, 0.5) is 17.3 Å². The number of aromatic amines is 1. The minimum absolute atomic E-state index is 0.190. The van der Waals surface area contributed by atoms with Gasteiger partial charge in [0.15, 0.2) is 0 Å². The molecule has 0 aliphatic carbocycles. The normalized spacial score (nSPS) is 14.4. The fraction of sp³-hybridized carbons (Fsp3) is 0.316. The average Bonchev–Trinajstić information content (AvgIpc) is 3.12. The van der Waals surface area contributed by atoms with Gasteiger partial charge in [-0.3, -0.25) is 9.78 Å². The van der Waals surface area contributed by atoms with Gasteiger partial charge in [-0.25, -0.2) is 4.98 Å². The highest BCUT2D eigenvalue weighted by molar-refractivity contribution is 6.05. The molecule has 0 bridgehead atoms. The molecule has 1 aliphatic rings. The minimum atomic E-state index is -0.190. The van der Waals surface area contributed by atoms with Gasteiger partial charge in [0.1, 0.15) is 0 Å². The van der Waals surface area contributed by atoms with E-state index in [-0.39, 0.29) is 5.91 Å². The quantitative estimate of drug-likeness (QED) is 0.736. The van der Waals surface area contributed by atoms with E-state index in [4.69, 9.17) is 4.74 Å². The summed E-state index contributed by atoms with van der Waals surface area (Å²) in [7, 11) is 3.85. The van der Waals surface area contributed by atoms with Gasteiger partial charge in [0.05, 0.1) is 41.7 Å². The van der Waals surface area contributed by atoms with Gasteiger partial charge >= 0.3 is 0 Å². The van der Waals surface area contributed by atoms with Crippen molar-refractivity contribution >= 4 is 34.3 Å². The lowest BCUT2D eigenvalue weighted by molar-refractivity contribution is 0.102. The van der Waals surface area contributed by atoms with Gasteiger partial charge < -0.3 is 24.8 Å². The molecule has 1 saturated heterocycles. The van der Waals surface area contributed by atoms with Crippen LogP contribution in [0.25, 0.3) is 11.0 Å². The Morgan fingerprint density at radius 3 is 2.81 bits per heavy atom. The molecule has 1 aliphatic heterocycles. The summed E-state index contributed by atoms with van der Waals surface area (Å²) in [5, 5.41) is 2.94. The van der Waals surface area contributed by atoms with E-state index in [2.05, 4.69) is 25.2 Å². The number of carbonyl (C=O) groups is 1. The minimum Gasteiger partial charge on any atom is -0.378 e. The first kappa shape index (κ1) is 17.3. The number of pyridine rings is 1. The van der Waals surface area contributed by atoms with E-state index >= 15 is 0 Å². The lowest BCUT2D eigenvalue weighted by Crippen LogP contribution is -2.36. The maximum Gasteiger partial charge on any atom is 0.257 e. The first-order chi connectivity index (χ1) is 13.1. The van der Waals surface area contributed by atoms with Crippen LogP contribution in [0, 0.1) is 0 Å². The van der Waals surface area contributed by atoms with E-state index in [9.17, 15) is 4.79 Å². The van der Waals surface area contributed by atoms with Crippen LogP contribution in [0.1, 0.15) is 10.4 Å². The monoisotopic (exact) mass is 366 g/mol. The Kier molecular flexibility index (Phi) is 4.64. The number of fused-ring (bicyclic) bond motifs is 1. The summed E-state index contributed by atoms with van der Waals surface area (Å²) in [5.74, 6) is 0.584. The van der Waals surface area contributed by atoms with E-state index in [1.54, 1.807) is 12.4 Å². The van der Waals surface area contributed by atoms with Crippen LogP contribution in [-0.2, 0) is 4.74 Å². The van der Waals surface area contributed by atoms with Crippen molar-refractivity contribution in [2.24, 2.45) is 0 Å². The third-order valence-corrected chi connectivity index (χ3v) is 4.51. The van der Waals surface area contributed by atoms with E-state index in [0.717, 1.165) is 35.8 Å². The molecule has 8 nitrogen and oxygen atoms in total. The first-order valence-corrected chi connectivity index (χ1v) is 8.86. The molecular formula is C19H22N6O2. The molecule has 27 heavy (non-hydrogen) atoms. The molecular weight excluding hydrogens is 344 g/mol. The highest BCUT2D eigenvalue weighted by Crippen LogP contribution is 2.21. The van der Waals surface area contributed by atoms with Gasteiger partial charge in [0.2, 0.25) is 5.95 Å². The fourth-order valence-electron chi connectivity index (χ4n) is 3.04. The largest absolute Gasteiger partial charge is 0.378 e.